The number of hydrogen-bond donors (Lipinski definition) is 0. The number of nitrogens with zero attached hydrogens (tertiary/aromatic N) is 1. The van der Waals surface area contributed by atoms with E-state index in [1.54, 1.807) is 6.92 Å². The van der Waals surface area contributed by atoms with Gasteiger partial charge in [-0.15, -0.1) is 0 Å². The van der Waals surface area contributed by atoms with Gasteiger partial charge in [0.05, 0.1) is 13.0 Å². The Hall–Kier alpha value is -2.04. The Morgan fingerprint density at radius 3 is 2.35 bits per heavy atom. The first kappa shape index (κ1) is 20.3. The molecular formula is C21H31NO4. The molecule has 0 heterocycles. The number of ether oxygens (including phenoxy) is 2. The summed E-state index contributed by atoms with van der Waals surface area (Å²) in [6.45, 7) is 4.58. The smallest absolute Gasteiger partial charge is 0.307 e. The second kappa shape index (κ2) is 10.8. The molecule has 1 aliphatic rings. The van der Waals surface area contributed by atoms with Gasteiger partial charge in [0, 0.05) is 12.6 Å². The molecule has 1 aromatic carbocycles. The third kappa shape index (κ3) is 6.70. The summed E-state index contributed by atoms with van der Waals surface area (Å²) in [6, 6.07) is 7.86. The van der Waals surface area contributed by atoms with Crippen LogP contribution in [0.25, 0.3) is 0 Å². The lowest BCUT2D eigenvalue weighted by Gasteiger charge is -2.31. The molecule has 2 rings (SSSR count). The summed E-state index contributed by atoms with van der Waals surface area (Å²) in [7, 11) is 0. The van der Waals surface area contributed by atoms with Crippen LogP contribution in [-0.2, 0) is 14.3 Å². The van der Waals surface area contributed by atoms with Crippen molar-refractivity contribution < 1.29 is 19.1 Å². The van der Waals surface area contributed by atoms with Gasteiger partial charge in [-0.05, 0) is 38.8 Å². The molecule has 5 nitrogen and oxygen atoms in total. The van der Waals surface area contributed by atoms with Gasteiger partial charge in [-0.25, -0.2) is 0 Å². The minimum absolute atomic E-state index is 0.00237. The zero-order chi connectivity index (χ0) is 18.8. The van der Waals surface area contributed by atoms with Gasteiger partial charge in [-0.1, -0.05) is 43.4 Å². The van der Waals surface area contributed by atoms with Crippen molar-refractivity contribution in [2.45, 2.75) is 64.8 Å². The molecule has 0 aromatic heterocycles. The van der Waals surface area contributed by atoms with Gasteiger partial charge in [0.2, 0.25) is 0 Å². The lowest BCUT2D eigenvalue weighted by Crippen LogP contribution is -2.44. The summed E-state index contributed by atoms with van der Waals surface area (Å²) >= 11 is 0. The summed E-state index contributed by atoms with van der Waals surface area (Å²) in [5.74, 6) is 0.385. The summed E-state index contributed by atoms with van der Waals surface area (Å²) in [6.07, 6.45) is 6.94. The van der Waals surface area contributed by atoms with Gasteiger partial charge in [0.15, 0.2) is 6.61 Å². The van der Waals surface area contributed by atoms with Crippen molar-refractivity contribution in [2.24, 2.45) is 0 Å². The number of benzene rings is 1. The van der Waals surface area contributed by atoms with E-state index >= 15 is 0 Å². The van der Waals surface area contributed by atoms with Gasteiger partial charge in [0.1, 0.15) is 5.75 Å². The molecule has 144 valence electrons. The second-order valence-corrected chi connectivity index (χ2v) is 6.89. The second-order valence-electron chi connectivity index (χ2n) is 6.89. The molecule has 5 heteroatoms. The van der Waals surface area contributed by atoms with Gasteiger partial charge < -0.3 is 14.4 Å². The number of amides is 1. The average molecular weight is 361 g/mol. The van der Waals surface area contributed by atoms with Gasteiger partial charge >= 0.3 is 5.97 Å². The topological polar surface area (TPSA) is 55.8 Å². The van der Waals surface area contributed by atoms with Crippen LogP contribution in [0.15, 0.2) is 24.3 Å². The lowest BCUT2D eigenvalue weighted by molar-refractivity contribution is -0.145. The molecule has 0 saturated heterocycles. The molecule has 1 saturated carbocycles. The Kier molecular flexibility index (Phi) is 8.45. The van der Waals surface area contributed by atoms with E-state index in [2.05, 4.69) is 0 Å². The normalized spacial score (nSPS) is 15.2. The third-order valence-corrected chi connectivity index (χ3v) is 4.83. The molecule has 0 bridgehead atoms. The Morgan fingerprint density at radius 2 is 1.73 bits per heavy atom. The highest BCUT2D eigenvalue weighted by Gasteiger charge is 2.25. The fourth-order valence-corrected chi connectivity index (χ4v) is 3.39. The molecule has 0 aliphatic heterocycles. The molecule has 26 heavy (non-hydrogen) atoms. The van der Waals surface area contributed by atoms with Gasteiger partial charge in [0.25, 0.3) is 5.91 Å². The van der Waals surface area contributed by atoms with E-state index in [4.69, 9.17) is 9.47 Å². The molecule has 0 radical (unpaired) electrons. The minimum Gasteiger partial charge on any atom is -0.484 e. The van der Waals surface area contributed by atoms with Crippen molar-refractivity contribution in [3.05, 3.63) is 29.8 Å². The van der Waals surface area contributed by atoms with Crippen LogP contribution in [0.2, 0.25) is 0 Å². The molecule has 0 spiro atoms. The highest BCUT2D eigenvalue weighted by molar-refractivity contribution is 5.79. The van der Waals surface area contributed by atoms with E-state index in [0.29, 0.717) is 18.9 Å². The van der Waals surface area contributed by atoms with Crippen molar-refractivity contribution in [3.8, 4) is 5.75 Å². The maximum absolute atomic E-state index is 12.8. The van der Waals surface area contributed by atoms with Crippen LogP contribution in [-0.4, -0.2) is 42.6 Å². The number of aryl methyl sites for hydroxylation is 1. The van der Waals surface area contributed by atoms with Crippen molar-refractivity contribution in [1.29, 1.82) is 0 Å². The first-order valence-corrected chi connectivity index (χ1v) is 9.74. The molecule has 1 aromatic rings. The number of hydrogen-bond acceptors (Lipinski definition) is 4. The highest BCUT2D eigenvalue weighted by Crippen LogP contribution is 2.23. The van der Waals surface area contributed by atoms with Crippen LogP contribution in [0.5, 0.6) is 5.75 Å². The van der Waals surface area contributed by atoms with Crippen molar-refractivity contribution >= 4 is 11.9 Å². The van der Waals surface area contributed by atoms with Crippen LogP contribution in [0.3, 0.4) is 0 Å². The Labute approximate surface area is 156 Å². The fraction of sp³-hybridized carbons (Fsp3) is 0.619. The standard InChI is InChI=1S/C21H31NO4/c1-3-25-21(24)14-15-22(18-8-6-4-5-7-9-18)20(23)16-26-19-12-10-17(2)11-13-19/h10-13,18H,3-9,14-16H2,1-2H3. The predicted octanol–water partition coefficient (Wildman–Crippen LogP) is 3.88. The first-order chi connectivity index (χ1) is 12.6. The molecular weight excluding hydrogens is 330 g/mol. The molecule has 1 fully saturated rings. The molecule has 1 amide bonds. The van der Waals surface area contributed by atoms with Crippen LogP contribution in [0, 0.1) is 6.92 Å². The zero-order valence-corrected chi connectivity index (χ0v) is 16.0. The van der Waals surface area contributed by atoms with Crippen molar-refractivity contribution in [3.63, 3.8) is 0 Å². The van der Waals surface area contributed by atoms with Crippen LogP contribution in [0.4, 0.5) is 0 Å². The molecule has 0 atom stereocenters. The lowest BCUT2D eigenvalue weighted by atomic mass is 10.1. The summed E-state index contributed by atoms with van der Waals surface area (Å²) in [4.78, 5) is 26.4. The Bertz CT molecular complexity index is 562. The van der Waals surface area contributed by atoms with Gasteiger partial charge in [-0.2, -0.15) is 0 Å². The van der Waals surface area contributed by atoms with E-state index in [0.717, 1.165) is 31.2 Å². The molecule has 0 unspecified atom stereocenters. The summed E-state index contributed by atoms with van der Waals surface area (Å²) in [5.41, 5.74) is 1.15. The molecule has 0 N–H and O–H groups in total. The van der Waals surface area contributed by atoms with Crippen molar-refractivity contribution in [2.75, 3.05) is 19.8 Å². The Balaban J connectivity index is 1.96. The van der Waals surface area contributed by atoms with Crippen LogP contribution >= 0.6 is 0 Å². The quantitative estimate of drug-likeness (QED) is 0.521. The largest absolute Gasteiger partial charge is 0.484 e. The van der Waals surface area contributed by atoms with E-state index in [9.17, 15) is 9.59 Å². The number of rotatable bonds is 8. The zero-order valence-electron chi connectivity index (χ0n) is 16.0. The fourth-order valence-electron chi connectivity index (χ4n) is 3.39. The maximum Gasteiger partial charge on any atom is 0.307 e. The van der Waals surface area contributed by atoms with Crippen molar-refractivity contribution in [1.82, 2.24) is 4.90 Å². The SMILES string of the molecule is CCOC(=O)CCN(C(=O)COc1ccc(C)cc1)C1CCCCCC1. The third-order valence-electron chi connectivity index (χ3n) is 4.83. The summed E-state index contributed by atoms with van der Waals surface area (Å²) in [5, 5.41) is 0. The van der Waals surface area contributed by atoms with Gasteiger partial charge in [-0.3, -0.25) is 9.59 Å². The van der Waals surface area contributed by atoms with E-state index in [1.165, 1.54) is 12.8 Å². The maximum atomic E-state index is 12.8. The predicted molar refractivity (Wildman–Crippen MR) is 101 cm³/mol. The monoisotopic (exact) mass is 361 g/mol. The average Bonchev–Trinajstić information content (AvgIpc) is 2.91. The number of esters is 1. The summed E-state index contributed by atoms with van der Waals surface area (Å²) < 4.78 is 10.7. The first-order valence-electron chi connectivity index (χ1n) is 9.74. The minimum atomic E-state index is -0.252. The molecule has 1 aliphatic carbocycles. The van der Waals surface area contributed by atoms with E-state index in [1.807, 2.05) is 36.1 Å². The van der Waals surface area contributed by atoms with E-state index < -0.39 is 0 Å². The van der Waals surface area contributed by atoms with E-state index in [-0.39, 0.29) is 30.9 Å². The Morgan fingerprint density at radius 1 is 1.08 bits per heavy atom. The highest BCUT2D eigenvalue weighted by atomic mass is 16.5. The number of carbonyl (C=O) groups excluding carboxylic acids is 2. The van der Waals surface area contributed by atoms with Crippen LogP contribution in [0.1, 0.15) is 57.4 Å². The number of carbonyl (C=O) groups is 2. The van der Waals surface area contributed by atoms with Crippen LogP contribution < -0.4 is 4.74 Å².